The summed E-state index contributed by atoms with van der Waals surface area (Å²) in [5.74, 6) is 1.14. The maximum atomic E-state index is 9.31. The molecule has 98 valence electrons. The maximum absolute atomic E-state index is 9.31. The second kappa shape index (κ2) is 8.18. The van der Waals surface area contributed by atoms with E-state index in [0.29, 0.717) is 6.04 Å². The molecule has 0 bridgehead atoms. The van der Waals surface area contributed by atoms with Crippen LogP contribution in [0.15, 0.2) is 30.3 Å². The smallest absolute Gasteiger partial charge is 0.0839 e. The Morgan fingerprint density at radius 2 is 2.00 bits per heavy atom. The van der Waals surface area contributed by atoms with Crippen molar-refractivity contribution in [3.63, 3.8) is 0 Å². The minimum atomic E-state index is -0.0343. The number of hydrogen-bond acceptors (Lipinski definition) is 3. The summed E-state index contributed by atoms with van der Waals surface area (Å²) < 4.78 is 0. The van der Waals surface area contributed by atoms with Gasteiger partial charge in [-0.15, -0.1) is 0 Å². The van der Waals surface area contributed by atoms with Gasteiger partial charge in [0.2, 0.25) is 0 Å². The standard InChI is InChI=1S/C15H22N2S/c1-13(9-10-18-3)17(2)12-15(11-16)14-7-5-4-6-8-14/h4-8,13,15H,9-10,12H2,1-3H3. The van der Waals surface area contributed by atoms with Crippen LogP contribution in [0.25, 0.3) is 0 Å². The monoisotopic (exact) mass is 262 g/mol. The lowest BCUT2D eigenvalue weighted by Gasteiger charge is -2.26. The Kier molecular flexibility index (Phi) is 6.85. The molecule has 0 fully saturated rings. The Bertz CT molecular complexity index is 372. The molecule has 1 aromatic carbocycles. The first-order valence-electron chi connectivity index (χ1n) is 6.32. The number of rotatable bonds is 7. The van der Waals surface area contributed by atoms with E-state index in [9.17, 15) is 5.26 Å². The van der Waals surface area contributed by atoms with Gasteiger partial charge in [-0.1, -0.05) is 30.3 Å². The van der Waals surface area contributed by atoms with Crippen molar-refractivity contribution < 1.29 is 0 Å². The van der Waals surface area contributed by atoms with E-state index >= 15 is 0 Å². The molecule has 0 aromatic heterocycles. The minimum absolute atomic E-state index is 0.0343. The van der Waals surface area contributed by atoms with Crippen LogP contribution in [0.4, 0.5) is 0 Å². The van der Waals surface area contributed by atoms with E-state index in [1.807, 2.05) is 42.1 Å². The molecule has 0 saturated carbocycles. The van der Waals surface area contributed by atoms with Crippen molar-refractivity contribution in [2.45, 2.75) is 25.3 Å². The maximum Gasteiger partial charge on any atom is 0.0839 e. The van der Waals surface area contributed by atoms with Crippen molar-refractivity contribution >= 4 is 11.8 Å². The quantitative estimate of drug-likeness (QED) is 0.754. The topological polar surface area (TPSA) is 27.0 Å². The number of benzene rings is 1. The molecule has 2 atom stereocenters. The van der Waals surface area contributed by atoms with Gasteiger partial charge in [0.25, 0.3) is 0 Å². The first-order chi connectivity index (χ1) is 8.69. The normalized spacial score (nSPS) is 14.2. The first-order valence-corrected chi connectivity index (χ1v) is 7.72. The fourth-order valence-corrected chi connectivity index (χ4v) is 2.46. The van der Waals surface area contributed by atoms with Crippen LogP contribution in [0, 0.1) is 11.3 Å². The van der Waals surface area contributed by atoms with Crippen LogP contribution in [0.3, 0.4) is 0 Å². The van der Waals surface area contributed by atoms with E-state index in [4.69, 9.17) is 0 Å². The fourth-order valence-electron chi connectivity index (χ4n) is 1.88. The van der Waals surface area contributed by atoms with Gasteiger partial charge < -0.3 is 4.90 Å². The molecule has 18 heavy (non-hydrogen) atoms. The van der Waals surface area contributed by atoms with Gasteiger partial charge in [0, 0.05) is 12.6 Å². The summed E-state index contributed by atoms with van der Waals surface area (Å²) in [6.45, 7) is 3.03. The number of nitrogens with zero attached hydrogens (tertiary/aromatic N) is 2. The van der Waals surface area contributed by atoms with Gasteiger partial charge in [0.1, 0.15) is 0 Å². The summed E-state index contributed by atoms with van der Waals surface area (Å²) in [6, 6.07) is 13.0. The largest absolute Gasteiger partial charge is 0.302 e. The van der Waals surface area contributed by atoms with E-state index in [1.165, 1.54) is 12.2 Å². The lowest BCUT2D eigenvalue weighted by atomic mass is 9.99. The second-order valence-electron chi connectivity index (χ2n) is 4.66. The van der Waals surface area contributed by atoms with Crippen molar-refractivity contribution in [2.75, 3.05) is 25.6 Å². The number of thioether (sulfide) groups is 1. The van der Waals surface area contributed by atoms with E-state index in [-0.39, 0.29) is 5.92 Å². The molecule has 0 amide bonds. The average molecular weight is 262 g/mol. The van der Waals surface area contributed by atoms with Crippen LogP contribution < -0.4 is 0 Å². The van der Waals surface area contributed by atoms with Gasteiger partial charge in [-0.3, -0.25) is 0 Å². The summed E-state index contributed by atoms with van der Waals surface area (Å²) in [7, 11) is 2.11. The summed E-state index contributed by atoms with van der Waals surface area (Å²) in [5.41, 5.74) is 1.11. The molecule has 3 heteroatoms. The molecule has 0 saturated heterocycles. The zero-order valence-electron chi connectivity index (χ0n) is 11.5. The van der Waals surface area contributed by atoms with Gasteiger partial charge >= 0.3 is 0 Å². The summed E-state index contributed by atoms with van der Waals surface area (Å²) >= 11 is 1.88. The third-order valence-electron chi connectivity index (χ3n) is 3.32. The Labute approximate surface area is 115 Å². The molecule has 2 nitrogen and oxygen atoms in total. The second-order valence-corrected chi connectivity index (χ2v) is 5.65. The zero-order valence-corrected chi connectivity index (χ0v) is 12.3. The van der Waals surface area contributed by atoms with E-state index < -0.39 is 0 Å². The molecule has 1 rings (SSSR count). The van der Waals surface area contributed by atoms with Crippen LogP contribution in [-0.2, 0) is 0 Å². The number of nitriles is 1. The molecule has 0 N–H and O–H groups in total. The number of hydrogen-bond donors (Lipinski definition) is 0. The average Bonchev–Trinajstić information content (AvgIpc) is 2.42. The third kappa shape index (κ3) is 4.72. The minimum Gasteiger partial charge on any atom is -0.302 e. The fraction of sp³-hybridized carbons (Fsp3) is 0.533. The molecule has 0 radical (unpaired) electrons. The van der Waals surface area contributed by atoms with Gasteiger partial charge in [-0.25, -0.2) is 0 Å². The van der Waals surface area contributed by atoms with E-state index in [2.05, 4.69) is 31.2 Å². The van der Waals surface area contributed by atoms with Crippen LogP contribution in [0.5, 0.6) is 0 Å². The zero-order chi connectivity index (χ0) is 13.4. The Balaban J connectivity index is 2.56. The van der Waals surface area contributed by atoms with Gasteiger partial charge in [-0.2, -0.15) is 17.0 Å². The molecule has 0 aliphatic heterocycles. The predicted octanol–water partition coefficient (Wildman–Crippen LogP) is 3.37. The Morgan fingerprint density at radius 1 is 1.33 bits per heavy atom. The van der Waals surface area contributed by atoms with Crippen molar-refractivity contribution in [3.05, 3.63) is 35.9 Å². The highest BCUT2D eigenvalue weighted by atomic mass is 32.2. The van der Waals surface area contributed by atoms with Crippen molar-refractivity contribution in [1.82, 2.24) is 4.90 Å². The molecular formula is C15H22N2S. The third-order valence-corrected chi connectivity index (χ3v) is 3.96. The number of likely N-dealkylation sites (N-methyl/N-ethyl adjacent to an activating group) is 1. The molecule has 0 spiro atoms. The lowest BCUT2D eigenvalue weighted by molar-refractivity contribution is 0.249. The van der Waals surface area contributed by atoms with E-state index in [0.717, 1.165) is 12.1 Å². The summed E-state index contributed by atoms with van der Waals surface area (Å²) in [5, 5.41) is 9.31. The van der Waals surface area contributed by atoms with Crippen LogP contribution in [0.2, 0.25) is 0 Å². The van der Waals surface area contributed by atoms with Gasteiger partial charge in [0.05, 0.1) is 12.0 Å². The molecule has 1 aromatic rings. The molecular weight excluding hydrogens is 240 g/mol. The SMILES string of the molecule is CSCCC(C)N(C)CC(C#N)c1ccccc1. The first kappa shape index (κ1) is 15.1. The predicted molar refractivity (Wildman–Crippen MR) is 79.9 cm³/mol. The van der Waals surface area contributed by atoms with Crippen molar-refractivity contribution in [3.8, 4) is 6.07 Å². The Hall–Kier alpha value is -0.980. The van der Waals surface area contributed by atoms with Crippen molar-refractivity contribution in [1.29, 1.82) is 5.26 Å². The van der Waals surface area contributed by atoms with Gasteiger partial charge in [-0.05, 0) is 38.0 Å². The van der Waals surface area contributed by atoms with E-state index in [1.54, 1.807) is 0 Å². The molecule has 0 aliphatic rings. The lowest BCUT2D eigenvalue weighted by Crippen LogP contribution is -2.33. The summed E-state index contributed by atoms with van der Waals surface area (Å²) in [6.07, 6.45) is 3.30. The van der Waals surface area contributed by atoms with Crippen LogP contribution >= 0.6 is 11.8 Å². The van der Waals surface area contributed by atoms with Crippen LogP contribution in [0.1, 0.15) is 24.8 Å². The molecule has 2 unspecified atom stereocenters. The molecule has 0 heterocycles. The molecule has 0 aliphatic carbocycles. The summed E-state index contributed by atoms with van der Waals surface area (Å²) in [4.78, 5) is 2.29. The van der Waals surface area contributed by atoms with Crippen LogP contribution in [-0.4, -0.2) is 36.5 Å². The highest BCUT2D eigenvalue weighted by Crippen LogP contribution is 2.17. The van der Waals surface area contributed by atoms with Gasteiger partial charge in [0.15, 0.2) is 0 Å². The highest BCUT2D eigenvalue weighted by Gasteiger charge is 2.16. The Morgan fingerprint density at radius 3 is 2.56 bits per heavy atom. The highest BCUT2D eigenvalue weighted by molar-refractivity contribution is 7.98. The van der Waals surface area contributed by atoms with Crippen molar-refractivity contribution in [2.24, 2.45) is 0 Å².